The molecule has 15 heavy (non-hydrogen) atoms. The highest BCUT2D eigenvalue weighted by molar-refractivity contribution is 7.09. The molecular formula is C11H17N3S. The number of hydrogen-bond donors (Lipinski definition) is 1. The lowest BCUT2D eigenvalue weighted by atomic mass is 9.99. The fourth-order valence-electron chi connectivity index (χ4n) is 2.71. The molecule has 2 aliphatic rings. The van der Waals surface area contributed by atoms with Gasteiger partial charge >= 0.3 is 0 Å². The van der Waals surface area contributed by atoms with Gasteiger partial charge in [-0.2, -0.15) is 0 Å². The van der Waals surface area contributed by atoms with Gasteiger partial charge in [0.2, 0.25) is 0 Å². The van der Waals surface area contributed by atoms with Crippen LogP contribution < -0.4 is 5.73 Å². The molecule has 0 spiro atoms. The zero-order valence-corrected chi connectivity index (χ0v) is 9.83. The predicted octanol–water partition coefficient (Wildman–Crippen LogP) is 1.55. The van der Waals surface area contributed by atoms with E-state index in [2.05, 4.69) is 16.8 Å². The van der Waals surface area contributed by atoms with Crippen LogP contribution in [0.5, 0.6) is 0 Å². The quantitative estimate of drug-likeness (QED) is 0.827. The van der Waals surface area contributed by atoms with Crippen molar-refractivity contribution in [1.82, 2.24) is 9.88 Å². The second-order valence-electron chi connectivity index (χ2n) is 4.95. The first-order valence-corrected chi connectivity index (χ1v) is 6.52. The Morgan fingerprint density at radius 1 is 1.60 bits per heavy atom. The summed E-state index contributed by atoms with van der Waals surface area (Å²) in [5, 5.41) is 3.13. The molecule has 0 bridgehead atoms. The third-order valence-corrected chi connectivity index (χ3v) is 4.56. The summed E-state index contributed by atoms with van der Waals surface area (Å²) in [6.07, 6.45) is 5.63. The molecule has 1 saturated carbocycles. The average molecular weight is 223 g/mol. The highest BCUT2D eigenvalue weighted by Gasteiger charge is 2.46. The van der Waals surface area contributed by atoms with Gasteiger partial charge in [0.15, 0.2) is 0 Å². The van der Waals surface area contributed by atoms with Crippen molar-refractivity contribution in [2.24, 2.45) is 5.73 Å². The van der Waals surface area contributed by atoms with Crippen molar-refractivity contribution in [3.8, 4) is 0 Å². The molecule has 3 nitrogen and oxygen atoms in total. The zero-order valence-electron chi connectivity index (χ0n) is 9.02. The summed E-state index contributed by atoms with van der Waals surface area (Å²) in [6, 6.07) is 1.43. The van der Waals surface area contributed by atoms with Crippen LogP contribution in [-0.2, 0) is 5.54 Å². The number of rotatable bonds is 2. The number of thiazole rings is 1. The fourth-order valence-corrected chi connectivity index (χ4v) is 3.46. The second-order valence-corrected chi connectivity index (χ2v) is 5.84. The molecule has 2 atom stereocenters. The van der Waals surface area contributed by atoms with E-state index in [0.29, 0.717) is 6.04 Å². The molecule has 0 radical (unpaired) electrons. The van der Waals surface area contributed by atoms with Crippen molar-refractivity contribution in [1.29, 1.82) is 0 Å². The molecule has 3 rings (SSSR count). The summed E-state index contributed by atoms with van der Waals surface area (Å²) in [5.74, 6) is 0. The lowest BCUT2D eigenvalue weighted by Gasteiger charge is -2.22. The summed E-state index contributed by atoms with van der Waals surface area (Å²) in [5.41, 5.74) is 6.29. The topological polar surface area (TPSA) is 42.1 Å². The molecule has 2 fully saturated rings. The minimum atomic E-state index is -0.184. The van der Waals surface area contributed by atoms with Gasteiger partial charge in [-0.05, 0) is 26.2 Å². The maximum atomic E-state index is 6.48. The summed E-state index contributed by atoms with van der Waals surface area (Å²) in [7, 11) is 0. The van der Waals surface area contributed by atoms with Crippen LogP contribution in [0, 0.1) is 0 Å². The molecule has 0 aromatic carbocycles. The van der Waals surface area contributed by atoms with Gasteiger partial charge in [0.25, 0.3) is 0 Å². The van der Waals surface area contributed by atoms with E-state index in [0.717, 1.165) is 24.0 Å². The van der Waals surface area contributed by atoms with E-state index in [1.807, 2.05) is 11.6 Å². The Bertz CT molecular complexity index is 347. The van der Waals surface area contributed by atoms with Crippen molar-refractivity contribution >= 4 is 11.3 Å². The normalized spacial score (nSPS) is 37.3. The average Bonchev–Trinajstić information content (AvgIpc) is 2.77. The summed E-state index contributed by atoms with van der Waals surface area (Å²) in [4.78, 5) is 6.96. The fraction of sp³-hybridized carbons (Fsp3) is 0.727. The first-order valence-electron chi connectivity index (χ1n) is 5.64. The van der Waals surface area contributed by atoms with Crippen LogP contribution >= 0.6 is 11.3 Å². The van der Waals surface area contributed by atoms with E-state index in [1.54, 1.807) is 11.3 Å². The molecule has 2 heterocycles. The largest absolute Gasteiger partial charge is 0.318 e. The van der Waals surface area contributed by atoms with Crippen LogP contribution in [0.4, 0.5) is 0 Å². The molecule has 2 N–H and O–H groups in total. The third-order valence-electron chi connectivity index (χ3n) is 3.56. The lowest BCUT2D eigenvalue weighted by Crippen LogP contribution is -2.40. The number of nitrogens with zero attached hydrogens (tertiary/aromatic N) is 2. The maximum absolute atomic E-state index is 6.48. The van der Waals surface area contributed by atoms with Crippen LogP contribution in [0.15, 0.2) is 11.6 Å². The molecule has 1 aromatic heterocycles. The molecule has 1 aliphatic heterocycles. The Balaban J connectivity index is 1.83. The number of aromatic nitrogens is 1. The van der Waals surface area contributed by atoms with Crippen molar-refractivity contribution < 1.29 is 0 Å². The van der Waals surface area contributed by atoms with E-state index < -0.39 is 0 Å². The molecule has 2 unspecified atom stereocenters. The van der Waals surface area contributed by atoms with E-state index in [4.69, 9.17) is 5.73 Å². The van der Waals surface area contributed by atoms with Gasteiger partial charge in [-0.1, -0.05) is 0 Å². The van der Waals surface area contributed by atoms with E-state index in [-0.39, 0.29) is 5.54 Å². The van der Waals surface area contributed by atoms with Gasteiger partial charge in [0.1, 0.15) is 5.01 Å². The van der Waals surface area contributed by atoms with Gasteiger partial charge < -0.3 is 5.73 Å². The molecule has 82 valence electrons. The number of nitrogens with two attached hydrogens (primary N) is 1. The van der Waals surface area contributed by atoms with Gasteiger partial charge in [-0.3, -0.25) is 4.90 Å². The Morgan fingerprint density at radius 3 is 3.00 bits per heavy atom. The van der Waals surface area contributed by atoms with E-state index in [1.165, 1.54) is 12.8 Å². The van der Waals surface area contributed by atoms with Crippen molar-refractivity contribution in [3.05, 3.63) is 16.6 Å². The monoisotopic (exact) mass is 223 g/mol. The Morgan fingerprint density at radius 2 is 2.40 bits per heavy atom. The highest BCUT2D eigenvalue weighted by atomic mass is 32.1. The van der Waals surface area contributed by atoms with Gasteiger partial charge in [0.05, 0.1) is 5.54 Å². The first kappa shape index (κ1) is 9.75. The van der Waals surface area contributed by atoms with Crippen LogP contribution in [0.3, 0.4) is 0 Å². The lowest BCUT2D eigenvalue weighted by molar-refractivity contribution is 0.250. The van der Waals surface area contributed by atoms with Crippen molar-refractivity contribution in [2.45, 2.75) is 43.8 Å². The molecular weight excluding hydrogens is 206 g/mol. The highest BCUT2D eigenvalue weighted by Crippen LogP contribution is 2.40. The van der Waals surface area contributed by atoms with Gasteiger partial charge in [-0.25, -0.2) is 4.98 Å². The van der Waals surface area contributed by atoms with Gasteiger partial charge in [0, 0.05) is 30.2 Å². The van der Waals surface area contributed by atoms with Crippen LogP contribution in [-0.4, -0.2) is 28.5 Å². The van der Waals surface area contributed by atoms with Gasteiger partial charge in [-0.15, -0.1) is 11.3 Å². The maximum Gasteiger partial charge on any atom is 0.114 e. The molecule has 1 aromatic rings. The summed E-state index contributed by atoms with van der Waals surface area (Å²) in [6.45, 7) is 3.28. The smallest absolute Gasteiger partial charge is 0.114 e. The van der Waals surface area contributed by atoms with Crippen molar-refractivity contribution in [2.75, 3.05) is 6.54 Å². The Kier molecular flexibility index (Phi) is 2.13. The standard InChI is InChI=1S/C11H17N3S/c1-8-6-11(12,10-13-4-5-15-10)7-14(8)9-2-3-9/h4-5,8-9H,2-3,6-7,12H2,1H3. The minimum Gasteiger partial charge on any atom is -0.318 e. The molecule has 4 heteroatoms. The van der Waals surface area contributed by atoms with Crippen LogP contribution in [0.25, 0.3) is 0 Å². The molecule has 0 amide bonds. The Labute approximate surface area is 94.3 Å². The second kappa shape index (κ2) is 3.27. The SMILES string of the molecule is CC1CC(N)(c2nccs2)CN1C1CC1. The molecule has 1 aliphatic carbocycles. The molecule has 1 saturated heterocycles. The van der Waals surface area contributed by atoms with Crippen LogP contribution in [0.2, 0.25) is 0 Å². The zero-order chi connectivity index (χ0) is 10.5. The number of likely N-dealkylation sites (tertiary alicyclic amines) is 1. The minimum absolute atomic E-state index is 0.184. The van der Waals surface area contributed by atoms with E-state index >= 15 is 0 Å². The summed E-state index contributed by atoms with van der Waals surface area (Å²) >= 11 is 1.69. The first-order chi connectivity index (χ1) is 7.19. The predicted molar refractivity (Wildman–Crippen MR) is 61.8 cm³/mol. The van der Waals surface area contributed by atoms with E-state index in [9.17, 15) is 0 Å². The number of hydrogen-bond acceptors (Lipinski definition) is 4. The van der Waals surface area contributed by atoms with Crippen LogP contribution in [0.1, 0.15) is 31.2 Å². The summed E-state index contributed by atoms with van der Waals surface area (Å²) < 4.78 is 0. The van der Waals surface area contributed by atoms with Crippen molar-refractivity contribution in [3.63, 3.8) is 0 Å². The third kappa shape index (κ3) is 1.61. The Hall–Kier alpha value is -0.450.